The van der Waals surface area contributed by atoms with Gasteiger partial charge in [0.15, 0.2) is 0 Å². The zero-order chi connectivity index (χ0) is 20.0. The van der Waals surface area contributed by atoms with E-state index in [1.165, 1.54) is 0 Å². The Hall–Kier alpha value is -2.70. The molecule has 1 saturated heterocycles. The van der Waals surface area contributed by atoms with E-state index in [-0.39, 0.29) is 24.3 Å². The fourth-order valence-corrected chi connectivity index (χ4v) is 5.32. The summed E-state index contributed by atoms with van der Waals surface area (Å²) >= 11 is 0. The van der Waals surface area contributed by atoms with Gasteiger partial charge in [0.25, 0.3) is 0 Å². The van der Waals surface area contributed by atoms with Crippen LogP contribution in [0.1, 0.15) is 17.9 Å². The monoisotopic (exact) mass is 391 g/mol. The fourth-order valence-electron chi connectivity index (χ4n) is 5.32. The van der Waals surface area contributed by atoms with E-state index in [1.54, 1.807) is 11.2 Å². The van der Waals surface area contributed by atoms with Crippen molar-refractivity contribution in [1.82, 2.24) is 14.5 Å². The van der Waals surface area contributed by atoms with Crippen molar-refractivity contribution >= 4 is 16.9 Å². The van der Waals surface area contributed by atoms with E-state index in [0.717, 1.165) is 16.6 Å². The number of imidazole rings is 1. The van der Waals surface area contributed by atoms with Crippen molar-refractivity contribution in [2.75, 3.05) is 19.7 Å². The number of benzene rings is 2. The number of nitrogens with zero attached hydrogens (tertiary/aromatic N) is 3. The lowest BCUT2D eigenvalue weighted by atomic mass is 9.95. The lowest BCUT2D eigenvalue weighted by Gasteiger charge is -2.17. The number of carbonyl (C=O) groups excluding carboxylic acids is 1. The number of β-amino-alcohol motifs (C(OH)–C–C–N with tert-alkyl or cyclic N) is 1. The highest BCUT2D eigenvalue weighted by Crippen LogP contribution is 2.68. The van der Waals surface area contributed by atoms with E-state index in [4.69, 9.17) is 0 Å². The highest BCUT2D eigenvalue weighted by atomic mass is 16.3. The van der Waals surface area contributed by atoms with Crippen molar-refractivity contribution in [3.8, 4) is 0 Å². The van der Waals surface area contributed by atoms with Crippen molar-refractivity contribution in [3.05, 3.63) is 66.5 Å². The molecule has 1 amide bonds. The Bertz CT molecular complexity index is 1030. The number of fused-ring (bicyclic) bond motifs is 1. The smallest absolute Gasteiger partial charge is 0.224 e. The highest BCUT2D eigenvalue weighted by molar-refractivity contribution is 5.78. The maximum atomic E-state index is 12.9. The zero-order valence-electron chi connectivity index (χ0n) is 16.2. The maximum absolute atomic E-state index is 12.9. The van der Waals surface area contributed by atoms with E-state index in [2.05, 4.69) is 4.98 Å². The largest absolute Gasteiger partial charge is 0.396 e. The number of hydrogen-bond acceptors (Lipinski definition) is 4. The van der Waals surface area contributed by atoms with E-state index in [9.17, 15) is 15.0 Å². The number of amides is 1. The molecule has 2 heterocycles. The van der Waals surface area contributed by atoms with E-state index in [0.29, 0.717) is 26.1 Å². The van der Waals surface area contributed by atoms with Crippen molar-refractivity contribution in [1.29, 1.82) is 0 Å². The minimum absolute atomic E-state index is 0.00436. The van der Waals surface area contributed by atoms with Gasteiger partial charge in [-0.1, -0.05) is 42.5 Å². The van der Waals surface area contributed by atoms with Gasteiger partial charge in [0.2, 0.25) is 5.91 Å². The van der Waals surface area contributed by atoms with Crippen LogP contribution in [-0.4, -0.2) is 56.4 Å². The molecule has 6 nitrogen and oxygen atoms in total. The molecule has 2 aromatic carbocycles. The molecule has 0 radical (unpaired) electrons. The molecule has 3 aromatic rings. The number of hydrogen-bond donors (Lipinski definition) is 2. The van der Waals surface area contributed by atoms with Gasteiger partial charge in [-0.05, 0) is 29.5 Å². The fraction of sp³-hybridized carbons (Fsp3) is 0.391. The van der Waals surface area contributed by atoms with Gasteiger partial charge in [0, 0.05) is 38.1 Å². The zero-order valence-corrected chi connectivity index (χ0v) is 16.2. The van der Waals surface area contributed by atoms with Crippen molar-refractivity contribution in [2.24, 2.45) is 11.3 Å². The van der Waals surface area contributed by atoms with Crippen LogP contribution in [0.3, 0.4) is 0 Å². The Labute approximate surface area is 169 Å². The molecule has 0 unspecified atom stereocenters. The standard InChI is InChI=1S/C23H25N3O3/c27-13-17-22(16-6-2-1-3-7-16)23(17)14-26(12-20(23)28)21(29)10-11-25-15-24-18-8-4-5-9-19(18)25/h1-9,15,17,20,22,27-28H,10-14H2/t17-,20-,22-,23-/m1/s1. The molecule has 1 spiro atoms. The van der Waals surface area contributed by atoms with Crippen molar-refractivity contribution in [2.45, 2.75) is 25.0 Å². The Morgan fingerprint density at radius 3 is 2.69 bits per heavy atom. The first-order valence-corrected chi connectivity index (χ1v) is 10.2. The molecule has 0 bridgehead atoms. The van der Waals surface area contributed by atoms with E-state index < -0.39 is 11.5 Å². The molecular weight excluding hydrogens is 366 g/mol. The number of aromatic nitrogens is 2. The summed E-state index contributed by atoms with van der Waals surface area (Å²) < 4.78 is 2.00. The minimum Gasteiger partial charge on any atom is -0.396 e. The molecule has 2 fully saturated rings. The van der Waals surface area contributed by atoms with Crippen molar-refractivity contribution in [3.63, 3.8) is 0 Å². The third kappa shape index (κ3) is 2.86. The quantitative estimate of drug-likeness (QED) is 0.698. The molecule has 6 heteroatoms. The summed E-state index contributed by atoms with van der Waals surface area (Å²) in [6.45, 7) is 1.43. The summed E-state index contributed by atoms with van der Waals surface area (Å²) in [5, 5.41) is 20.8. The van der Waals surface area contributed by atoms with Gasteiger partial charge in [-0.3, -0.25) is 4.79 Å². The number of aliphatic hydroxyl groups is 2. The third-order valence-corrected chi connectivity index (χ3v) is 6.84. The molecule has 1 aliphatic heterocycles. The second kappa shape index (κ2) is 6.97. The molecule has 150 valence electrons. The van der Waals surface area contributed by atoms with Gasteiger partial charge < -0.3 is 19.7 Å². The van der Waals surface area contributed by atoms with Gasteiger partial charge in [-0.25, -0.2) is 4.98 Å². The maximum Gasteiger partial charge on any atom is 0.224 e. The SMILES string of the molecule is O=C(CCn1cnc2ccccc21)N1C[C@@H](O)[C@@]2(C1)[C@H](CO)[C@H]2c1ccccc1. The summed E-state index contributed by atoms with van der Waals surface area (Å²) in [5.41, 5.74) is 2.65. The number of carbonyl (C=O) groups is 1. The number of para-hydroxylation sites is 2. The number of rotatable bonds is 5. The van der Waals surface area contributed by atoms with Crippen molar-refractivity contribution < 1.29 is 15.0 Å². The van der Waals surface area contributed by atoms with Gasteiger partial charge in [0.05, 0.1) is 23.5 Å². The van der Waals surface area contributed by atoms with Crippen LogP contribution in [0.2, 0.25) is 0 Å². The van der Waals surface area contributed by atoms with Crippen LogP contribution in [0.4, 0.5) is 0 Å². The predicted molar refractivity (Wildman–Crippen MR) is 109 cm³/mol. The molecule has 2 aliphatic rings. The summed E-state index contributed by atoms with van der Waals surface area (Å²) in [6, 6.07) is 17.9. The third-order valence-electron chi connectivity index (χ3n) is 6.84. The first-order chi connectivity index (χ1) is 14.1. The van der Waals surface area contributed by atoms with Crippen LogP contribution in [0, 0.1) is 11.3 Å². The van der Waals surface area contributed by atoms with E-state index >= 15 is 0 Å². The molecule has 1 aliphatic carbocycles. The topological polar surface area (TPSA) is 78.6 Å². The Morgan fingerprint density at radius 1 is 1.14 bits per heavy atom. The average Bonchev–Trinajstić information content (AvgIpc) is 3.01. The summed E-state index contributed by atoms with van der Waals surface area (Å²) in [4.78, 5) is 19.0. The van der Waals surface area contributed by atoms with Crippen LogP contribution in [-0.2, 0) is 11.3 Å². The lowest BCUT2D eigenvalue weighted by Crippen LogP contribution is -2.30. The van der Waals surface area contributed by atoms with Gasteiger partial charge in [0.1, 0.15) is 0 Å². The number of aryl methyl sites for hydroxylation is 1. The number of aliphatic hydroxyl groups excluding tert-OH is 2. The predicted octanol–water partition coefficient (Wildman–Crippen LogP) is 2.02. The summed E-state index contributed by atoms with van der Waals surface area (Å²) in [7, 11) is 0. The molecule has 1 aromatic heterocycles. The normalized spacial score (nSPS) is 28.3. The van der Waals surface area contributed by atoms with E-state index in [1.807, 2.05) is 59.2 Å². The first-order valence-electron chi connectivity index (χ1n) is 10.2. The second-order valence-corrected chi connectivity index (χ2v) is 8.26. The van der Waals surface area contributed by atoms with Crippen LogP contribution in [0.25, 0.3) is 11.0 Å². The van der Waals surface area contributed by atoms with Crippen LogP contribution in [0.5, 0.6) is 0 Å². The van der Waals surface area contributed by atoms with Gasteiger partial charge in [-0.2, -0.15) is 0 Å². The molecule has 4 atom stereocenters. The lowest BCUT2D eigenvalue weighted by molar-refractivity contribution is -0.130. The highest BCUT2D eigenvalue weighted by Gasteiger charge is 2.71. The Morgan fingerprint density at radius 2 is 1.90 bits per heavy atom. The van der Waals surface area contributed by atoms with Gasteiger partial charge in [-0.15, -0.1) is 0 Å². The molecule has 5 rings (SSSR count). The first kappa shape index (κ1) is 18.3. The van der Waals surface area contributed by atoms with Crippen LogP contribution < -0.4 is 0 Å². The van der Waals surface area contributed by atoms with Crippen LogP contribution >= 0.6 is 0 Å². The minimum atomic E-state index is -0.608. The van der Waals surface area contributed by atoms with Crippen LogP contribution in [0.15, 0.2) is 60.9 Å². The Balaban J connectivity index is 1.29. The summed E-state index contributed by atoms with van der Waals surface area (Å²) in [6.07, 6.45) is 1.53. The average molecular weight is 391 g/mol. The molecule has 2 N–H and O–H groups in total. The Kier molecular flexibility index (Phi) is 4.41. The molecule has 1 saturated carbocycles. The number of likely N-dealkylation sites (tertiary alicyclic amines) is 1. The summed E-state index contributed by atoms with van der Waals surface area (Å²) in [5.74, 6) is 0.128. The van der Waals surface area contributed by atoms with Gasteiger partial charge >= 0.3 is 0 Å². The molecular formula is C23H25N3O3. The molecule has 29 heavy (non-hydrogen) atoms. The second-order valence-electron chi connectivity index (χ2n) is 8.26.